The highest BCUT2D eigenvalue weighted by atomic mass is 16.7. The second-order valence-electron chi connectivity index (χ2n) is 3.61. The van der Waals surface area contributed by atoms with Crippen LogP contribution in [0.2, 0.25) is 0 Å². The van der Waals surface area contributed by atoms with Crippen LogP contribution >= 0.6 is 0 Å². The van der Waals surface area contributed by atoms with E-state index in [0.29, 0.717) is 6.42 Å². The molecule has 1 aliphatic rings. The molecule has 1 saturated heterocycles. The lowest BCUT2D eigenvalue weighted by molar-refractivity contribution is -0.192. The Morgan fingerprint density at radius 1 is 1.64 bits per heavy atom. The van der Waals surface area contributed by atoms with Crippen LogP contribution in [-0.2, 0) is 14.3 Å². The number of carbonyl (C=O) groups is 1. The molecule has 0 saturated carbocycles. The first-order valence-corrected chi connectivity index (χ1v) is 5.30. The number of hydrogen-bond acceptors (Lipinski definition) is 3. The zero-order valence-electron chi connectivity index (χ0n) is 8.70. The molecule has 1 aliphatic heterocycles. The Morgan fingerprint density at radius 3 is 2.93 bits per heavy atom. The predicted octanol–water partition coefficient (Wildman–Crippen LogP) is 1.18. The van der Waals surface area contributed by atoms with Gasteiger partial charge in [-0.1, -0.05) is 13.3 Å². The van der Waals surface area contributed by atoms with Gasteiger partial charge in [-0.25, -0.2) is 0 Å². The molecule has 0 bridgehead atoms. The Bertz CT molecular complexity index is 178. The number of ether oxygens (including phenoxy) is 2. The number of nitrogens with two attached hydrogens (primary N) is 1. The summed E-state index contributed by atoms with van der Waals surface area (Å²) < 4.78 is 10.9. The summed E-state index contributed by atoms with van der Waals surface area (Å²) in [4.78, 5) is 11.0. The van der Waals surface area contributed by atoms with E-state index in [1.54, 1.807) is 0 Å². The molecule has 2 N–H and O–H groups in total. The Kier molecular flexibility index (Phi) is 4.90. The quantitative estimate of drug-likeness (QED) is 0.726. The van der Waals surface area contributed by atoms with Gasteiger partial charge in [-0.05, 0) is 25.7 Å². The molecule has 2 unspecified atom stereocenters. The molecule has 4 nitrogen and oxygen atoms in total. The Balaban J connectivity index is 2.33. The maximum Gasteiger partial charge on any atom is 0.246 e. The number of primary amides is 1. The number of hydrogen-bond donors (Lipinski definition) is 1. The third-order valence-electron chi connectivity index (χ3n) is 2.32. The molecule has 1 rings (SSSR count). The first-order chi connectivity index (χ1) is 6.74. The van der Waals surface area contributed by atoms with Gasteiger partial charge < -0.3 is 15.2 Å². The minimum Gasteiger partial charge on any atom is -0.367 e. The summed E-state index contributed by atoms with van der Waals surface area (Å²) in [6, 6.07) is 0. The van der Waals surface area contributed by atoms with E-state index in [-0.39, 0.29) is 12.2 Å². The molecule has 0 aromatic heterocycles. The highest BCUT2D eigenvalue weighted by molar-refractivity contribution is 5.78. The number of carbonyl (C=O) groups excluding carboxylic acids is 1. The highest BCUT2D eigenvalue weighted by Gasteiger charge is 2.22. The van der Waals surface area contributed by atoms with E-state index in [2.05, 4.69) is 0 Å². The Morgan fingerprint density at radius 2 is 2.43 bits per heavy atom. The van der Waals surface area contributed by atoms with Crippen molar-refractivity contribution in [2.75, 3.05) is 6.61 Å². The lowest BCUT2D eigenvalue weighted by Crippen LogP contribution is -2.36. The van der Waals surface area contributed by atoms with Gasteiger partial charge in [0.2, 0.25) is 5.91 Å². The van der Waals surface area contributed by atoms with Crippen molar-refractivity contribution in [1.29, 1.82) is 0 Å². The first kappa shape index (κ1) is 11.5. The lowest BCUT2D eigenvalue weighted by atomic mass is 10.2. The van der Waals surface area contributed by atoms with E-state index < -0.39 is 6.10 Å². The van der Waals surface area contributed by atoms with Crippen molar-refractivity contribution in [2.24, 2.45) is 5.73 Å². The van der Waals surface area contributed by atoms with Gasteiger partial charge in [-0.3, -0.25) is 4.79 Å². The van der Waals surface area contributed by atoms with Gasteiger partial charge in [0.25, 0.3) is 0 Å². The van der Waals surface area contributed by atoms with E-state index in [9.17, 15) is 4.79 Å². The molecule has 2 atom stereocenters. The van der Waals surface area contributed by atoms with Crippen molar-refractivity contribution in [3.05, 3.63) is 0 Å². The molecule has 14 heavy (non-hydrogen) atoms. The van der Waals surface area contributed by atoms with Crippen LogP contribution in [0.4, 0.5) is 0 Å². The Labute approximate surface area is 84.7 Å². The maximum absolute atomic E-state index is 11.0. The predicted molar refractivity (Wildman–Crippen MR) is 52.6 cm³/mol. The van der Waals surface area contributed by atoms with Crippen LogP contribution in [0.3, 0.4) is 0 Å². The zero-order chi connectivity index (χ0) is 10.4. The molecule has 0 radical (unpaired) electrons. The molecule has 1 fully saturated rings. The fourth-order valence-corrected chi connectivity index (χ4v) is 1.54. The minimum absolute atomic E-state index is 0.229. The van der Waals surface area contributed by atoms with Crippen LogP contribution in [0.1, 0.15) is 39.0 Å². The Hall–Kier alpha value is -0.610. The average Bonchev–Trinajstić information content (AvgIpc) is 2.18. The largest absolute Gasteiger partial charge is 0.367 e. The van der Waals surface area contributed by atoms with Gasteiger partial charge in [0.1, 0.15) is 6.10 Å². The van der Waals surface area contributed by atoms with Gasteiger partial charge >= 0.3 is 0 Å². The smallest absolute Gasteiger partial charge is 0.246 e. The molecule has 0 spiro atoms. The van der Waals surface area contributed by atoms with E-state index in [1.165, 1.54) is 0 Å². The van der Waals surface area contributed by atoms with Crippen LogP contribution in [-0.4, -0.2) is 24.9 Å². The monoisotopic (exact) mass is 201 g/mol. The third kappa shape index (κ3) is 3.64. The summed E-state index contributed by atoms with van der Waals surface area (Å²) in [5.41, 5.74) is 5.22. The maximum atomic E-state index is 11.0. The van der Waals surface area contributed by atoms with Crippen molar-refractivity contribution in [3.63, 3.8) is 0 Å². The minimum atomic E-state index is -0.483. The molecule has 4 heteroatoms. The standard InChI is InChI=1S/C10H19NO3/c1-2-5-8(10(11)12)14-9-6-3-4-7-13-9/h8-9H,2-7H2,1H3,(H2,11,12). The van der Waals surface area contributed by atoms with Crippen LogP contribution in [0.15, 0.2) is 0 Å². The summed E-state index contributed by atoms with van der Waals surface area (Å²) in [5, 5.41) is 0. The molecule has 0 aliphatic carbocycles. The van der Waals surface area contributed by atoms with Gasteiger partial charge in [-0.15, -0.1) is 0 Å². The average molecular weight is 201 g/mol. The number of amides is 1. The third-order valence-corrected chi connectivity index (χ3v) is 2.32. The van der Waals surface area contributed by atoms with E-state index >= 15 is 0 Å². The molecule has 0 aromatic rings. The second kappa shape index (κ2) is 5.98. The van der Waals surface area contributed by atoms with Gasteiger partial charge in [0, 0.05) is 6.61 Å². The van der Waals surface area contributed by atoms with Gasteiger partial charge in [0.05, 0.1) is 0 Å². The number of rotatable bonds is 5. The summed E-state index contributed by atoms with van der Waals surface area (Å²) in [6.45, 7) is 2.73. The summed E-state index contributed by atoms with van der Waals surface area (Å²) in [6.07, 6.45) is 3.90. The SMILES string of the molecule is CCCC(OC1CCCCO1)C(N)=O. The molecule has 1 heterocycles. The lowest BCUT2D eigenvalue weighted by Gasteiger charge is -2.26. The second-order valence-corrected chi connectivity index (χ2v) is 3.61. The van der Waals surface area contributed by atoms with Crippen LogP contribution < -0.4 is 5.73 Å². The van der Waals surface area contributed by atoms with Crippen molar-refractivity contribution >= 4 is 5.91 Å². The topological polar surface area (TPSA) is 61.6 Å². The van der Waals surface area contributed by atoms with Gasteiger partial charge in [0.15, 0.2) is 6.29 Å². The van der Waals surface area contributed by atoms with Gasteiger partial charge in [-0.2, -0.15) is 0 Å². The molecule has 82 valence electrons. The van der Waals surface area contributed by atoms with Crippen molar-refractivity contribution < 1.29 is 14.3 Å². The molecule has 1 amide bonds. The van der Waals surface area contributed by atoms with E-state index in [1.807, 2.05) is 6.92 Å². The molecular formula is C10H19NO3. The van der Waals surface area contributed by atoms with E-state index in [4.69, 9.17) is 15.2 Å². The van der Waals surface area contributed by atoms with E-state index in [0.717, 1.165) is 32.3 Å². The van der Waals surface area contributed by atoms with Crippen LogP contribution in [0, 0.1) is 0 Å². The molecular weight excluding hydrogens is 182 g/mol. The fourth-order valence-electron chi connectivity index (χ4n) is 1.54. The first-order valence-electron chi connectivity index (χ1n) is 5.30. The van der Waals surface area contributed by atoms with Crippen LogP contribution in [0.5, 0.6) is 0 Å². The van der Waals surface area contributed by atoms with Crippen molar-refractivity contribution in [1.82, 2.24) is 0 Å². The summed E-state index contributed by atoms with van der Waals surface area (Å²) in [7, 11) is 0. The highest BCUT2D eigenvalue weighted by Crippen LogP contribution is 2.16. The summed E-state index contributed by atoms with van der Waals surface area (Å²) >= 11 is 0. The summed E-state index contributed by atoms with van der Waals surface area (Å²) in [5.74, 6) is -0.388. The van der Waals surface area contributed by atoms with Crippen molar-refractivity contribution in [3.8, 4) is 0 Å². The fraction of sp³-hybridized carbons (Fsp3) is 0.900. The molecule has 0 aromatic carbocycles. The van der Waals surface area contributed by atoms with Crippen molar-refractivity contribution in [2.45, 2.75) is 51.4 Å². The zero-order valence-corrected chi connectivity index (χ0v) is 8.70. The normalized spacial score (nSPS) is 24.5. The van der Waals surface area contributed by atoms with Crippen LogP contribution in [0.25, 0.3) is 0 Å².